The van der Waals surface area contributed by atoms with E-state index in [2.05, 4.69) is 4.99 Å². The predicted molar refractivity (Wildman–Crippen MR) is 35.9 cm³/mol. The molecular weight excluding hydrogens is 126 g/mol. The summed E-state index contributed by atoms with van der Waals surface area (Å²) in [5.74, 6) is -0.209. The van der Waals surface area contributed by atoms with Gasteiger partial charge in [0.05, 0.1) is 18.1 Å². The van der Waals surface area contributed by atoms with Crippen molar-refractivity contribution in [1.82, 2.24) is 0 Å². The van der Waals surface area contributed by atoms with Gasteiger partial charge in [-0.1, -0.05) is 0 Å². The summed E-state index contributed by atoms with van der Waals surface area (Å²) in [4.78, 5) is 3.75. The zero-order valence-corrected chi connectivity index (χ0v) is 5.28. The van der Waals surface area contributed by atoms with Gasteiger partial charge in [-0.3, -0.25) is 4.99 Å². The van der Waals surface area contributed by atoms with Gasteiger partial charge in [0.25, 0.3) is 0 Å². The molecule has 0 aromatic carbocycles. The van der Waals surface area contributed by atoms with Crippen molar-refractivity contribution in [3.05, 3.63) is 11.8 Å². The number of nitrogens with zero attached hydrogens (tertiary/aromatic N) is 3. The molecule has 3 nitrogen and oxygen atoms in total. The highest BCUT2D eigenvalue weighted by atomic mass is 14.7. The second-order valence-electron chi connectivity index (χ2n) is 2.00. The zero-order chi connectivity index (χ0) is 7.40. The molecule has 0 bridgehead atoms. The smallest absolute Gasteiger partial charge is 0.0963 e. The lowest BCUT2D eigenvalue weighted by atomic mass is 10.0. The third kappa shape index (κ3) is 1.21. The monoisotopic (exact) mass is 131 g/mol. The molecule has 0 amide bonds. The number of allylic oxidation sites excluding steroid dienone is 1. The summed E-state index contributed by atoms with van der Waals surface area (Å²) in [6, 6.07) is 3.99. The molecule has 1 rings (SSSR count). The lowest BCUT2D eigenvalue weighted by Gasteiger charge is -2.03. The van der Waals surface area contributed by atoms with E-state index in [1.807, 2.05) is 12.1 Å². The molecule has 0 saturated heterocycles. The van der Waals surface area contributed by atoms with Gasteiger partial charge in [-0.05, 0) is 0 Å². The van der Waals surface area contributed by atoms with E-state index in [9.17, 15) is 0 Å². The second-order valence-corrected chi connectivity index (χ2v) is 2.00. The molecule has 0 fully saturated rings. The Labute approximate surface area is 58.9 Å². The van der Waals surface area contributed by atoms with Crippen molar-refractivity contribution in [1.29, 1.82) is 10.5 Å². The van der Waals surface area contributed by atoms with E-state index in [4.69, 9.17) is 10.5 Å². The Balaban J connectivity index is 2.72. The first kappa shape index (κ1) is 6.51. The van der Waals surface area contributed by atoms with Gasteiger partial charge in [0.1, 0.15) is 0 Å². The van der Waals surface area contributed by atoms with Crippen LogP contribution in [0.4, 0.5) is 0 Å². The molecule has 1 heterocycles. The summed E-state index contributed by atoms with van der Waals surface area (Å²) >= 11 is 0. The highest BCUT2D eigenvalue weighted by Crippen LogP contribution is 2.12. The molecule has 0 aliphatic carbocycles. The van der Waals surface area contributed by atoms with Crippen LogP contribution in [0.25, 0.3) is 0 Å². The van der Waals surface area contributed by atoms with Gasteiger partial charge in [0.2, 0.25) is 0 Å². The minimum atomic E-state index is -0.209. The van der Waals surface area contributed by atoms with Crippen LogP contribution in [0, 0.1) is 28.6 Å². The standard InChI is InChI=1S/C7H5N3/c8-2-6-1-7(3-9)5-10-4-6/h4-6H,1H2. The van der Waals surface area contributed by atoms with Gasteiger partial charge in [0.15, 0.2) is 0 Å². The Morgan fingerprint density at radius 1 is 1.60 bits per heavy atom. The zero-order valence-electron chi connectivity index (χ0n) is 5.28. The van der Waals surface area contributed by atoms with Crippen molar-refractivity contribution >= 4 is 6.21 Å². The fraction of sp³-hybridized carbons (Fsp3) is 0.286. The molecule has 3 heteroatoms. The molecule has 0 saturated carbocycles. The van der Waals surface area contributed by atoms with Crippen LogP contribution in [0.5, 0.6) is 0 Å². The van der Waals surface area contributed by atoms with E-state index in [1.54, 1.807) is 6.21 Å². The molecule has 10 heavy (non-hydrogen) atoms. The van der Waals surface area contributed by atoms with Crippen molar-refractivity contribution in [3.8, 4) is 12.1 Å². The normalized spacial score (nSPS) is 22.6. The van der Waals surface area contributed by atoms with Crippen LogP contribution in [0.3, 0.4) is 0 Å². The van der Waals surface area contributed by atoms with Crippen molar-refractivity contribution in [2.45, 2.75) is 6.42 Å². The maximum absolute atomic E-state index is 8.43. The number of hydrogen-bond acceptors (Lipinski definition) is 3. The molecule has 0 N–H and O–H groups in total. The van der Waals surface area contributed by atoms with Gasteiger partial charge in [-0.2, -0.15) is 10.5 Å². The van der Waals surface area contributed by atoms with E-state index in [0.717, 1.165) is 0 Å². The van der Waals surface area contributed by atoms with E-state index < -0.39 is 0 Å². The first-order chi connectivity index (χ1) is 4.86. The molecule has 48 valence electrons. The molecule has 1 unspecified atom stereocenters. The highest BCUT2D eigenvalue weighted by Gasteiger charge is 2.09. The van der Waals surface area contributed by atoms with Crippen molar-refractivity contribution < 1.29 is 0 Å². The van der Waals surface area contributed by atoms with Crippen molar-refractivity contribution in [2.24, 2.45) is 10.9 Å². The summed E-state index contributed by atoms with van der Waals surface area (Å²) in [7, 11) is 0. The Hall–Kier alpha value is -1.61. The minimum Gasteiger partial charge on any atom is -0.267 e. The van der Waals surface area contributed by atoms with Crippen LogP contribution in [-0.2, 0) is 0 Å². The Bertz CT molecular complexity index is 262. The minimum absolute atomic E-state index is 0.209. The SMILES string of the molecule is N#CC1=CN=CC(C#N)C1. The Kier molecular flexibility index (Phi) is 1.82. The maximum Gasteiger partial charge on any atom is 0.0963 e. The lowest BCUT2D eigenvalue weighted by Crippen LogP contribution is -2.02. The average Bonchev–Trinajstić information content (AvgIpc) is 2.05. The second kappa shape index (κ2) is 2.80. The van der Waals surface area contributed by atoms with E-state index >= 15 is 0 Å². The van der Waals surface area contributed by atoms with Crippen molar-refractivity contribution in [2.75, 3.05) is 0 Å². The molecule has 0 spiro atoms. The lowest BCUT2D eigenvalue weighted by molar-refractivity contribution is 0.868. The molecule has 0 radical (unpaired) electrons. The maximum atomic E-state index is 8.43. The number of aliphatic imine (C=N–C) groups is 1. The van der Waals surface area contributed by atoms with Crippen LogP contribution in [0.15, 0.2) is 16.8 Å². The summed E-state index contributed by atoms with van der Waals surface area (Å²) in [5.41, 5.74) is 0.578. The van der Waals surface area contributed by atoms with Crippen molar-refractivity contribution in [3.63, 3.8) is 0 Å². The summed E-state index contributed by atoms with van der Waals surface area (Å²) in [6.45, 7) is 0. The topological polar surface area (TPSA) is 59.9 Å². The highest BCUT2D eigenvalue weighted by molar-refractivity contribution is 5.67. The molecule has 1 atom stereocenters. The van der Waals surface area contributed by atoms with Crippen LogP contribution in [-0.4, -0.2) is 6.21 Å². The molecule has 0 aromatic heterocycles. The quantitative estimate of drug-likeness (QED) is 0.492. The number of nitriles is 2. The van der Waals surface area contributed by atoms with Gasteiger partial charge < -0.3 is 0 Å². The summed E-state index contributed by atoms with van der Waals surface area (Å²) in [5, 5.41) is 16.8. The van der Waals surface area contributed by atoms with Gasteiger partial charge in [-0.15, -0.1) is 0 Å². The Morgan fingerprint density at radius 2 is 2.40 bits per heavy atom. The number of rotatable bonds is 0. The average molecular weight is 131 g/mol. The molecule has 0 aromatic rings. The molecule has 1 aliphatic rings. The van der Waals surface area contributed by atoms with Crippen LogP contribution >= 0.6 is 0 Å². The van der Waals surface area contributed by atoms with E-state index in [1.165, 1.54) is 6.20 Å². The third-order valence-corrected chi connectivity index (χ3v) is 1.25. The van der Waals surface area contributed by atoms with Crippen LogP contribution in [0.2, 0.25) is 0 Å². The number of hydrogen-bond donors (Lipinski definition) is 0. The summed E-state index contributed by atoms with van der Waals surface area (Å²) < 4.78 is 0. The third-order valence-electron chi connectivity index (χ3n) is 1.25. The molecular formula is C7H5N3. The van der Waals surface area contributed by atoms with Gasteiger partial charge in [0, 0.05) is 24.4 Å². The first-order valence-electron chi connectivity index (χ1n) is 2.89. The predicted octanol–water partition coefficient (Wildman–Crippen LogP) is 1.01. The Morgan fingerprint density at radius 3 is 3.00 bits per heavy atom. The van der Waals surface area contributed by atoms with Crippen LogP contribution < -0.4 is 0 Å². The fourth-order valence-corrected chi connectivity index (χ4v) is 0.733. The fourth-order valence-electron chi connectivity index (χ4n) is 0.733. The largest absolute Gasteiger partial charge is 0.267 e. The summed E-state index contributed by atoms with van der Waals surface area (Å²) in [6.07, 6.45) is 3.56. The van der Waals surface area contributed by atoms with E-state index in [0.29, 0.717) is 12.0 Å². The van der Waals surface area contributed by atoms with Gasteiger partial charge in [-0.25, -0.2) is 0 Å². The van der Waals surface area contributed by atoms with Gasteiger partial charge >= 0.3 is 0 Å². The van der Waals surface area contributed by atoms with Crippen LogP contribution in [0.1, 0.15) is 6.42 Å². The van der Waals surface area contributed by atoms with E-state index in [-0.39, 0.29) is 5.92 Å². The first-order valence-corrected chi connectivity index (χ1v) is 2.89. The molecule has 1 aliphatic heterocycles.